The molecule has 5 heteroatoms. The van der Waals surface area contributed by atoms with Gasteiger partial charge in [-0.25, -0.2) is 0 Å². The molecule has 68 valence electrons. The summed E-state index contributed by atoms with van der Waals surface area (Å²) in [6, 6.07) is 4.81. The fraction of sp³-hybridized carbons (Fsp3) is 0.125. The van der Waals surface area contributed by atoms with Crippen LogP contribution >= 0.6 is 11.6 Å². The largest absolute Gasteiger partial charge is 0.480 e. The van der Waals surface area contributed by atoms with Gasteiger partial charge in [-0.05, 0) is 12.1 Å². The summed E-state index contributed by atoms with van der Waals surface area (Å²) >= 11 is 5.78. The highest BCUT2D eigenvalue weighted by molar-refractivity contribution is 6.32. The van der Waals surface area contributed by atoms with Crippen molar-refractivity contribution in [2.45, 2.75) is 0 Å². The molecular weight excluding hydrogens is 194 g/mol. The number of rotatable bonds is 0. The summed E-state index contributed by atoms with van der Waals surface area (Å²) in [5.74, 6) is -0.166. The third kappa shape index (κ3) is 1.24. The van der Waals surface area contributed by atoms with Crippen LogP contribution in [0.1, 0.15) is 0 Å². The van der Waals surface area contributed by atoms with E-state index in [-0.39, 0.29) is 12.3 Å². The molecule has 0 spiro atoms. The maximum atomic E-state index is 11.0. The normalized spacial score (nSPS) is 15.2. The first-order chi connectivity index (χ1) is 6.20. The first-order valence-electron chi connectivity index (χ1n) is 3.63. The highest BCUT2D eigenvalue weighted by Gasteiger charge is 2.25. The molecule has 0 bridgehead atoms. The average molecular weight is 200 g/mol. The number of para-hydroxylation sites is 1. The maximum Gasteiger partial charge on any atom is 0.288 e. The summed E-state index contributed by atoms with van der Waals surface area (Å²) in [5.41, 5.74) is 0.281. The lowest BCUT2D eigenvalue weighted by Crippen LogP contribution is -2.36. The van der Waals surface area contributed by atoms with Crippen LogP contribution in [0.2, 0.25) is 5.02 Å². The number of halogens is 1. The molecular formula is C8H6ClNO3. The van der Waals surface area contributed by atoms with Crippen molar-refractivity contribution in [3.8, 4) is 5.75 Å². The van der Waals surface area contributed by atoms with Crippen molar-refractivity contribution in [2.75, 3.05) is 11.7 Å². The lowest BCUT2D eigenvalue weighted by Gasteiger charge is -2.24. The number of fused-ring (bicyclic) bond motifs is 1. The van der Waals surface area contributed by atoms with Gasteiger partial charge in [0, 0.05) is 0 Å². The molecule has 2 rings (SSSR count). The van der Waals surface area contributed by atoms with E-state index < -0.39 is 5.91 Å². The Kier molecular flexibility index (Phi) is 1.86. The van der Waals surface area contributed by atoms with E-state index in [1.54, 1.807) is 18.2 Å². The average Bonchev–Trinajstić information content (AvgIpc) is 2.12. The number of carbonyl (C=O) groups is 1. The van der Waals surface area contributed by atoms with Gasteiger partial charge in [0.1, 0.15) is 5.69 Å². The van der Waals surface area contributed by atoms with Gasteiger partial charge in [0.2, 0.25) is 0 Å². The smallest absolute Gasteiger partial charge is 0.288 e. The van der Waals surface area contributed by atoms with E-state index in [0.29, 0.717) is 15.8 Å². The van der Waals surface area contributed by atoms with Gasteiger partial charge in [-0.1, -0.05) is 17.7 Å². The standard InChI is InChI=1S/C8H6ClNO3/c9-5-2-1-3-6-8(5)13-4-7(11)10(6)12/h1-3,12H,4H2. The topological polar surface area (TPSA) is 49.8 Å². The maximum absolute atomic E-state index is 11.0. The molecule has 13 heavy (non-hydrogen) atoms. The van der Waals surface area contributed by atoms with E-state index in [0.717, 1.165) is 0 Å². The zero-order valence-electron chi connectivity index (χ0n) is 6.53. The summed E-state index contributed by atoms with van der Waals surface area (Å²) in [4.78, 5) is 11.0. The Morgan fingerprint density at radius 3 is 3.08 bits per heavy atom. The van der Waals surface area contributed by atoms with Crippen LogP contribution in [0.5, 0.6) is 5.75 Å². The van der Waals surface area contributed by atoms with Gasteiger partial charge in [-0.3, -0.25) is 10.0 Å². The quantitative estimate of drug-likeness (QED) is 0.644. The molecule has 0 fully saturated rings. The molecule has 1 amide bonds. The van der Waals surface area contributed by atoms with Crippen LogP contribution in [0.25, 0.3) is 0 Å². The number of benzene rings is 1. The van der Waals surface area contributed by atoms with Crippen molar-refractivity contribution >= 4 is 23.2 Å². The van der Waals surface area contributed by atoms with Crippen LogP contribution in [0.4, 0.5) is 5.69 Å². The summed E-state index contributed by atoms with van der Waals surface area (Å²) in [5, 5.41) is 10.2. The molecule has 0 radical (unpaired) electrons. The van der Waals surface area contributed by atoms with Gasteiger partial charge in [0.15, 0.2) is 12.4 Å². The van der Waals surface area contributed by atoms with Crippen molar-refractivity contribution in [2.24, 2.45) is 0 Å². The number of carbonyl (C=O) groups excluding carboxylic acids is 1. The molecule has 0 saturated heterocycles. The minimum atomic E-state index is -0.505. The summed E-state index contributed by atoms with van der Waals surface area (Å²) in [6.45, 7) is -0.187. The molecule has 0 saturated carbocycles. The van der Waals surface area contributed by atoms with Gasteiger partial charge in [0.25, 0.3) is 5.91 Å². The third-order valence-electron chi connectivity index (χ3n) is 1.75. The van der Waals surface area contributed by atoms with Crippen LogP contribution in [-0.4, -0.2) is 17.7 Å². The van der Waals surface area contributed by atoms with Gasteiger partial charge < -0.3 is 4.74 Å². The Hall–Kier alpha value is -1.26. The number of amides is 1. The Balaban J connectivity index is 2.55. The predicted octanol–water partition coefficient (Wildman–Crippen LogP) is 1.45. The molecule has 1 heterocycles. The fourth-order valence-corrected chi connectivity index (χ4v) is 1.36. The SMILES string of the molecule is O=C1COc2c(Cl)cccc2N1O. The molecule has 1 aliphatic rings. The van der Waals surface area contributed by atoms with Crippen LogP contribution in [0.3, 0.4) is 0 Å². The van der Waals surface area contributed by atoms with Gasteiger partial charge >= 0.3 is 0 Å². The summed E-state index contributed by atoms with van der Waals surface area (Å²) in [7, 11) is 0. The van der Waals surface area contributed by atoms with Gasteiger partial charge in [-0.15, -0.1) is 0 Å². The zero-order chi connectivity index (χ0) is 9.42. The molecule has 0 atom stereocenters. The van der Waals surface area contributed by atoms with Crippen molar-refractivity contribution in [3.05, 3.63) is 23.2 Å². The molecule has 0 aliphatic carbocycles. The molecule has 1 aromatic carbocycles. The molecule has 1 aliphatic heterocycles. The third-order valence-corrected chi connectivity index (χ3v) is 2.05. The van der Waals surface area contributed by atoms with E-state index in [9.17, 15) is 10.0 Å². The summed E-state index contributed by atoms with van der Waals surface area (Å²) < 4.78 is 5.05. The second-order valence-corrected chi connectivity index (χ2v) is 2.99. The van der Waals surface area contributed by atoms with E-state index in [2.05, 4.69) is 0 Å². The van der Waals surface area contributed by atoms with Gasteiger partial charge in [-0.2, -0.15) is 5.06 Å². The number of nitrogens with zero attached hydrogens (tertiary/aromatic N) is 1. The minimum absolute atomic E-state index is 0.187. The Morgan fingerprint density at radius 2 is 2.31 bits per heavy atom. The van der Waals surface area contributed by atoms with Gasteiger partial charge in [0.05, 0.1) is 5.02 Å². The molecule has 4 nitrogen and oxygen atoms in total. The highest BCUT2D eigenvalue weighted by atomic mass is 35.5. The van der Waals surface area contributed by atoms with E-state index in [1.807, 2.05) is 0 Å². The minimum Gasteiger partial charge on any atom is -0.480 e. The molecule has 0 aromatic heterocycles. The van der Waals surface area contributed by atoms with E-state index >= 15 is 0 Å². The van der Waals surface area contributed by atoms with Crippen LogP contribution in [0, 0.1) is 0 Å². The predicted molar refractivity (Wildman–Crippen MR) is 46.2 cm³/mol. The second-order valence-electron chi connectivity index (χ2n) is 2.58. The van der Waals surface area contributed by atoms with Crippen LogP contribution in [0.15, 0.2) is 18.2 Å². The van der Waals surface area contributed by atoms with E-state index in [1.165, 1.54) is 0 Å². The Labute approximate surface area is 79.2 Å². The van der Waals surface area contributed by atoms with Crippen molar-refractivity contribution < 1.29 is 14.7 Å². The number of hydrogen-bond acceptors (Lipinski definition) is 3. The van der Waals surface area contributed by atoms with Crippen molar-refractivity contribution in [3.63, 3.8) is 0 Å². The number of hydrogen-bond donors (Lipinski definition) is 1. The zero-order valence-corrected chi connectivity index (χ0v) is 7.28. The summed E-state index contributed by atoms with van der Waals surface area (Å²) in [6.07, 6.45) is 0. The molecule has 1 aromatic rings. The number of hydroxylamine groups is 1. The van der Waals surface area contributed by atoms with E-state index in [4.69, 9.17) is 16.3 Å². The van der Waals surface area contributed by atoms with Crippen molar-refractivity contribution in [1.29, 1.82) is 0 Å². The molecule has 1 N–H and O–H groups in total. The second kappa shape index (κ2) is 2.90. The first-order valence-corrected chi connectivity index (χ1v) is 4.01. The Bertz CT molecular complexity index is 366. The highest BCUT2D eigenvalue weighted by Crippen LogP contribution is 2.36. The number of anilines is 1. The lowest BCUT2D eigenvalue weighted by atomic mass is 10.2. The van der Waals surface area contributed by atoms with Crippen LogP contribution < -0.4 is 9.80 Å². The lowest BCUT2D eigenvalue weighted by molar-refractivity contribution is -0.126. The Morgan fingerprint density at radius 1 is 1.54 bits per heavy atom. The first kappa shape index (κ1) is 8.34. The molecule has 0 unspecified atom stereocenters. The number of ether oxygens (including phenoxy) is 1. The van der Waals surface area contributed by atoms with Crippen molar-refractivity contribution in [1.82, 2.24) is 0 Å². The monoisotopic (exact) mass is 199 g/mol. The van der Waals surface area contributed by atoms with Crippen LogP contribution in [-0.2, 0) is 4.79 Å². The fourth-order valence-electron chi connectivity index (χ4n) is 1.14.